The Morgan fingerprint density at radius 2 is 2.21 bits per heavy atom. The molecule has 1 saturated carbocycles. The van der Waals surface area contributed by atoms with Gasteiger partial charge in [-0.2, -0.15) is 0 Å². The number of primary amides is 1. The van der Waals surface area contributed by atoms with Crippen LogP contribution in [0.3, 0.4) is 0 Å². The van der Waals surface area contributed by atoms with Crippen molar-refractivity contribution in [1.29, 1.82) is 0 Å². The van der Waals surface area contributed by atoms with E-state index in [1.165, 1.54) is 16.8 Å². The molecule has 1 heterocycles. The van der Waals surface area contributed by atoms with Crippen LogP contribution in [0.15, 0.2) is 17.2 Å². The monoisotopic (exact) mass is 287 g/mol. The summed E-state index contributed by atoms with van der Waals surface area (Å²) in [5.74, 6) is -0.504. The van der Waals surface area contributed by atoms with E-state index >= 15 is 0 Å². The van der Waals surface area contributed by atoms with E-state index in [-0.39, 0.29) is 22.6 Å². The lowest BCUT2D eigenvalue weighted by Gasteiger charge is -2.31. The summed E-state index contributed by atoms with van der Waals surface area (Å²) in [6, 6.07) is 1.25. The Balaban J connectivity index is 2.06. The minimum atomic E-state index is -3.64. The van der Waals surface area contributed by atoms with Gasteiger partial charge in [0.05, 0.1) is 6.10 Å². The lowest BCUT2D eigenvalue weighted by molar-refractivity contribution is 0.0453. The summed E-state index contributed by atoms with van der Waals surface area (Å²) in [6.45, 7) is 0.292. The smallest absolute Gasteiger partial charge is 0.265 e. The molecular formula is C11H17N3O4S. The highest BCUT2D eigenvalue weighted by Crippen LogP contribution is 2.26. The second kappa shape index (κ2) is 4.95. The van der Waals surface area contributed by atoms with Crippen molar-refractivity contribution < 1.29 is 18.3 Å². The van der Waals surface area contributed by atoms with Crippen LogP contribution in [0.5, 0.6) is 0 Å². The highest BCUT2D eigenvalue weighted by atomic mass is 32.2. The lowest BCUT2D eigenvalue weighted by Crippen LogP contribution is -2.38. The van der Waals surface area contributed by atoms with Crippen molar-refractivity contribution in [3.05, 3.63) is 18.0 Å². The summed E-state index contributed by atoms with van der Waals surface area (Å²) >= 11 is 0. The minimum Gasteiger partial charge on any atom is -0.393 e. The SMILES string of the molecule is Cn1cc(S(=O)(=O)NCC2CC(O)C2)cc1C(N)=O. The number of nitrogens with one attached hydrogen (secondary N) is 1. The van der Waals surface area contributed by atoms with E-state index in [9.17, 15) is 13.2 Å². The predicted octanol–water partition coefficient (Wildman–Crippen LogP) is -0.827. The highest BCUT2D eigenvalue weighted by Gasteiger charge is 2.29. The fraction of sp³-hybridized carbons (Fsp3) is 0.545. The van der Waals surface area contributed by atoms with Crippen molar-refractivity contribution >= 4 is 15.9 Å². The molecule has 0 atom stereocenters. The summed E-state index contributed by atoms with van der Waals surface area (Å²) in [4.78, 5) is 11.1. The largest absolute Gasteiger partial charge is 0.393 e. The summed E-state index contributed by atoms with van der Waals surface area (Å²) in [5.41, 5.74) is 5.27. The van der Waals surface area contributed by atoms with E-state index in [0.717, 1.165) is 0 Å². The Morgan fingerprint density at radius 1 is 1.58 bits per heavy atom. The second-order valence-corrected chi connectivity index (χ2v) is 6.65. The zero-order valence-corrected chi connectivity index (χ0v) is 11.4. The number of hydrogen-bond acceptors (Lipinski definition) is 4. The molecule has 0 saturated heterocycles. The highest BCUT2D eigenvalue weighted by molar-refractivity contribution is 7.89. The molecule has 1 amide bonds. The maximum Gasteiger partial charge on any atom is 0.265 e. The molecule has 0 bridgehead atoms. The first-order chi connectivity index (χ1) is 8.79. The van der Waals surface area contributed by atoms with E-state index in [1.807, 2.05) is 0 Å². The standard InChI is InChI=1S/C11H17N3O4S/c1-14-6-9(4-10(14)11(12)16)19(17,18)13-5-7-2-8(15)3-7/h4,6-8,13,15H,2-3,5H2,1H3,(H2,12,16). The number of rotatable bonds is 5. The lowest BCUT2D eigenvalue weighted by atomic mass is 9.83. The Hall–Kier alpha value is -1.38. The fourth-order valence-corrected chi connectivity index (χ4v) is 3.29. The van der Waals surface area contributed by atoms with Crippen LogP contribution in [0.4, 0.5) is 0 Å². The van der Waals surface area contributed by atoms with Crippen LogP contribution in [0, 0.1) is 5.92 Å². The van der Waals surface area contributed by atoms with Crippen molar-refractivity contribution in [2.24, 2.45) is 18.7 Å². The summed E-state index contributed by atoms with van der Waals surface area (Å²) in [6.07, 6.45) is 2.26. The molecule has 1 aliphatic rings. The number of aryl methyl sites for hydroxylation is 1. The van der Waals surface area contributed by atoms with Crippen LogP contribution < -0.4 is 10.5 Å². The summed E-state index contributed by atoms with van der Waals surface area (Å²) in [7, 11) is -2.09. The maximum absolute atomic E-state index is 12.0. The van der Waals surface area contributed by atoms with Crippen LogP contribution in [0.25, 0.3) is 0 Å². The number of aliphatic hydroxyl groups excluding tert-OH is 1. The molecule has 8 heteroatoms. The molecular weight excluding hydrogens is 270 g/mol. The van der Waals surface area contributed by atoms with Gasteiger partial charge >= 0.3 is 0 Å². The van der Waals surface area contributed by atoms with Gasteiger partial charge in [0, 0.05) is 19.8 Å². The Bertz CT molecular complexity index is 587. The predicted molar refractivity (Wildman–Crippen MR) is 67.9 cm³/mol. The number of carbonyl (C=O) groups is 1. The van der Waals surface area contributed by atoms with E-state index in [0.29, 0.717) is 19.4 Å². The van der Waals surface area contributed by atoms with Gasteiger partial charge in [0.25, 0.3) is 5.91 Å². The van der Waals surface area contributed by atoms with Gasteiger partial charge in [-0.05, 0) is 24.8 Å². The molecule has 0 aromatic carbocycles. The maximum atomic E-state index is 12.0. The third kappa shape index (κ3) is 2.96. The fourth-order valence-electron chi connectivity index (χ4n) is 2.10. The van der Waals surface area contributed by atoms with Crippen molar-refractivity contribution in [3.8, 4) is 0 Å². The average molecular weight is 287 g/mol. The Morgan fingerprint density at radius 3 is 2.68 bits per heavy atom. The van der Waals surface area contributed by atoms with Crippen LogP contribution >= 0.6 is 0 Å². The Kier molecular flexibility index (Phi) is 3.66. The number of nitrogens with zero attached hydrogens (tertiary/aromatic N) is 1. The molecule has 2 rings (SSSR count). The van der Waals surface area contributed by atoms with E-state index in [2.05, 4.69) is 4.72 Å². The van der Waals surface area contributed by atoms with Gasteiger partial charge in [-0.3, -0.25) is 4.79 Å². The number of aliphatic hydroxyl groups is 1. The second-order valence-electron chi connectivity index (χ2n) is 4.88. The summed E-state index contributed by atoms with van der Waals surface area (Å²) in [5, 5.41) is 9.13. The molecule has 0 radical (unpaired) electrons. The van der Waals surface area contributed by atoms with Gasteiger partial charge in [0.15, 0.2) is 0 Å². The van der Waals surface area contributed by atoms with Crippen molar-refractivity contribution in [2.45, 2.75) is 23.8 Å². The van der Waals surface area contributed by atoms with Crippen molar-refractivity contribution in [1.82, 2.24) is 9.29 Å². The van der Waals surface area contributed by atoms with E-state index in [4.69, 9.17) is 10.8 Å². The first kappa shape index (κ1) is 14.0. The number of sulfonamides is 1. The Labute approximate surface area is 111 Å². The molecule has 1 aromatic heterocycles. The molecule has 0 aliphatic heterocycles. The number of nitrogens with two attached hydrogens (primary N) is 1. The molecule has 4 N–H and O–H groups in total. The normalized spacial score (nSPS) is 23.1. The molecule has 1 fully saturated rings. The molecule has 1 aromatic rings. The minimum absolute atomic E-state index is 0.0173. The third-order valence-electron chi connectivity index (χ3n) is 3.32. The van der Waals surface area contributed by atoms with E-state index < -0.39 is 15.9 Å². The van der Waals surface area contributed by atoms with Gasteiger partial charge in [-0.15, -0.1) is 0 Å². The van der Waals surface area contributed by atoms with Gasteiger partial charge in [-0.25, -0.2) is 13.1 Å². The van der Waals surface area contributed by atoms with Crippen molar-refractivity contribution in [2.75, 3.05) is 6.54 Å². The quantitative estimate of drug-likeness (QED) is 0.656. The molecule has 7 nitrogen and oxygen atoms in total. The van der Waals surface area contributed by atoms with E-state index in [1.54, 1.807) is 7.05 Å². The van der Waals surface area contributed by atoms with Crippen molar-refractivity contribution in [3.63, 3.8) is 0 Å². The molecule has 19 heavy (non-hydrogen) atoms. The van der Waals surface area contributed by atoms with Gasteiger partial charge in [0.1, 0.15) is 10.6 Å². The molecule has 1 aliphatic carbocycles. The third-order valence-corrected chi connectivity index (χ3v) is 4.71. The number of aromatic nitrogens is 1. The number of amides is 1. The zero-order chi connectivity index (χ0) is 14.2. The van der Waals surface area contributed by atoms with Gasteiger partial charge < -0.3 is 15.4 Å². The molecule has 0 unspecified atom stereocenters. The molecule has 106 valence electrons. The molecule has 0 spiro atoms. The zero-order valence-electron chi connectivity index (χ0n) is 10.5. The number of carbonyl (C=O) groups excluding carboxylic acids is 1. The topological polar surface area (TPSA) is 114 Å². The van der Waals surface area contributed by atoms with Crippen LogP contribution in [0.2, 0.25) is 0 Å². The first-order valence-corrected chi connectivity index (χ1v) is 7.42. The first-order valence-electron chi connectivity index (χ1n) is 5.93. The van der Waals surface area contributed by atoms with Crippen LogP contribution in [-0.2, 0) is 17.1 Å². The van der Waals surface area contributed by atoms with Crippen LogP contribution in [-0.4, -0.2) is 36.6 Å². The van der Waals surface area contributed by atoms with Crippen LogP contribution in [0.1, 0.15) is 23.3 Å². The van der Waals surface area contributed by atoms with Gasteiger partial charge in [-0.1, -0.05) is 0 Å². The number of hydrogen-bond donors (Lipinski definition) is 3. The summed E-state index contributed by atoms with van der Waals surface area (Å²) < 4.78 is 27.9. The average Bonchev–Trinajstić information content (AvgIpc) is 2.66. The van der Waals surface area contributed by atoms with Gasteiger partial charge in [0.2, 0.25) is 10.0 Å².